The van der Waals surface area contributed by atoms with Gasteiger partial charge in [0.1, 0.15) is 6.54 Å². The highest BCUT2D eigenvalue weighted by atomic mass is 16.2. The van der Waals surface area contributed by atoms with Crippen LogP contribution in [0.2, 0.25) is 0 Å². The Morgan fingerprint density at radius 2 is 2.00 bits per heavy atom. The van der Waals surface area contributed by atoms with Crippen molar-refractivity contribution < 1.29 is 4.79 Å². The van der Waals surface area contributed by atoms with Gasteiger partial charge in [0.25, 0.3) is 5.91 Å². The van der Waals surface area contributed by atoms with Gasteiger partial charge in [0.05, 0.1) is 6.04 Å². The van der Waals surface area contributed by atoms with E-state index in [1.54, 1.807) is 5.01 Å². The predicted molar refractivity (Wildman–Crippen MR) is 43.4 cm³/mol. The summed E-state index contributed by atoms with van der Waals surface area (Å²) in [5, 5.41) is 9.15. The first-order valence-electron chi connectivity index (χ1n) is 4.57. The molecule has 0 bridgehead atoms. The van der Waals surface area contributed by atoms with E-state index in [1.165, 1.54) is 19.3 Å². The Hall–Kier alpha value is -0.930. The molecule has 0 radical (unpaired) electrons. The van der Waals surface area contributed by atoms with E-state index in [4.69, 9.17) is 0 Å². The van der Waals surface area contributed by atoms with E-state index >= 15 is 0 Å². The number of nitrogens with zero attached hydrogens (tertiary/aromatic N) is 3. The third-order valence-electron chi connectivity index (χ3n) is 2.54. The van der Waals surface area contributed by atoms with E-state index in [0.717, 1.165) is 12.8 Å². The molecular weight excluding hydrogens is 154 g/mol. The second-order valence-electron chi connectivity index (χ2n) is 3.42. The van der Waals surface area contributed by atoms with Gasteiger partial charge in [-0.25, -0.2) is 5.01 Å². The molecule has 1 fully saturated rings. The van der Waals surface area contributed by atoms with E-state index < -0.39 is 0 Å². The van der Waals surface area contributed by atoms with Crippen molar-refractivity contribution in [3.63, 3.8) is 0 Å². The van der Waals surface area contributed by atoms with Crippen molar-refractivity contribution in [2.75, 3.05) is 6.54 Å². The van der Waals surface area contributed by atoms with E-state index in [-0.39, 0.29) is 12.5 Å². The van der Waals surface area contributed by atoms with Crippen molar-refractivity contribution in [2.24, 2.45) is 10.3 Å². The first kappa shape index (κ1) is 7.71. The van der Waals surface area contributed by atoms with Crippen LogP contribution in [0.5, 0.6) is 0 Å². The van der Waals surface area contributed by atoms with Gasteiger partial charge in [0.15, 0.2) is 0 Å². The summed E-state index contributed by atoms with van der Waals surface area (Å²) in [6.45, 7) is 0.260. The second kappa shape index (κ2) is 3.21. The second-order valence-corrected chi connectivity index (χ2v) is 3.42. The third-order valence-corrected chi connectivity index (χ3v) is 2.54. The molecule has 0 aromatic carbocycles. The molecule has 1 saturated carbocycles. The first-order chi connectivity index (χ1) is 5.88. The van der Waals surface area contributed by atoms with Gasteiger partial charge in [-0.05, 0) is 12.8 Å². The van der Waals surface area contributed by atoms with Crippen LogP contribution >= 0.6 is 0 Å². The number of rotatable bonds is 1. The van der Waals surface area contributed by atoms with Gasteiger partial charge >= 0.3 is 0 Å². The van der Waals surface area contributed by atoms with Crippen LogP contribution in [0.4, 0.5) is 0 Å². The van der Waals surface area contributed by atoms with Crippen LogP contribution in [-0.2, 0) is 4.79 Å². The number of carbonyl (C=O) groups excluding carboxylic acids is 1. The minimum atomic E-state index is 0.0712. The zero-order valence-corrected chi connectivity index (χ0v) is 7.07. The Balaban J connectivity index is 1.97. The Morgan fingerprint density at radius 1 is 1.25 bits per heavy atom. The molecule has 4 heteroatoms. The normalized spacial score (nSPS) is 25.3. The fraction of sp³-hybridized carbons (Fsp3) is 0.875. The van der Waals surface area contributed by atoms with Gasteiger partial charge in [-0.3, -0.25) is 4.79 Å². The van der Waals surface area contributed by atoms with Gasteiger partial charge in [-0.1, -0.05) is 24.5 Å². The summed E-state index contributed by atoms with van der Waals surface area (Å²) < 4.78 is 0. The van der Waals surface area contributed by atoms with Crippen LogP contribution < -0.4 is 0 Å². The fourth-order valence-electron chi connectivity index (χ4n) is 1.88. The van der Waals surface area contributed by atoms with Crippen LogP contribution in [0.3, 0.4) is 0 Å². The lowest BCUT2D eigenvalue weighted by molar-refractivity contribution is -0.130. The molecule has 4 nitrogen and oxygen atoms in total. The van der Waals surface area contributed by atoms with Gasteiger partial charge in [0, 0.05) is 0 Å². The van der Waals surface area contributed by atoms with Crippen molar-refractivity contribution in [3.05, 3.63) is 0 Å². The molecule has 2 aliphatic rings. The summed E-state index contributed by atoms with van der Waals surface area (Å²) in [7, 11) is 0. The third kappa shape index (κ3) is 1.33. The lowest BCUT2D eigenvalue weighted by Crippen LogP contribution is -2.35. The first-order valence-corrected chi connectivity index (χ1v) is 4.57. The zero-order chi connectivity index (χ0) is 8.39. The monoisotopic (exact) mass is 167 g/mol. The largest absolute Gasteiger partial charge is 0.271 e. The van der Waals surface area contributed by atoms with Crippen molar-refractivity contribution in [2.45, 2.75) is 38.1 Å². The molecule has 1 amide bonds. The van der Waals surface area contributed by atoms with Gasteiger partial charge in [-0.15, -0.1) is 0 Å². The quantitative estimate of drug-likeness (QED) is 0.584. The Morgan fingerprint density at radius 3 is 2.58 bits per heavy atom. The molecular formula is C8H13N3O. The van der Waals surface area contributed by atoms with E-state index in [0.29, 0.717) is 6.04 Å². The molecule has 12 heavy (non-hydrogen) atoms. The van der Waals surface area contributed by atoms with E-state index in [1.807, 2.05) is 0 Å². The Labute approximate surface area is 71.6 Å². The van der Waals surface area contributed by atoms with E-state index in [2.05, 4.69) is 10.3 Å². The van der Waals surface area contributed by atoms with Crippen LogP contribution in [0.1, 0.15) is 32.1 Å². The lowest BCUT2D eigenvalue weighted by Gasteiger charge is -2.26. The molecule has 1 aliphatic heterocycles. The summed E-state index contributed by atoms with van der Waals surface area (Å²) in [4.78, 5) is 11.2. The maximum atomic E-state index is 11.2. The Bertz CT molecular complexity index is 208. The van der Waals surface area contributed by atoms with E-state index in [9.17, 15) is 4.79 Å². The smallest absolute Gasteiger partial charge is 0.267 e. The van der Waals surface area contributed by atoms with Crippen molar-refractivity contribution in [1.82, 2.24) is 5.01 Å². The molecule has 0 atom stereocenters. The summed E-state index contributed by atoms with van der Waals surface area (Å²) in [5.74, 6) is 0.0712. The van der Waals surface area contributed by atoms with Crippen molar-refractivity contribution >= 4 is 5.91 Å². The molecule has 0 spiro atoms. The SMILES string of the molecule is O=C1CN=NN1C1CCCCC1. The Kier molecular flexibility index (Phi) is 2.06. The molecule has 66 valence electrons. The van der Waals surface area contributed by atoms with Crippen molar-refractivity contribution in [3.8, 4) is 0 Å². The van der Waals surface area contributed by atoms with Gasteiger partial charge in [0.2, 0.25) is 0 Å². The summed E-state index contributed by atoms with van der Waals surface area (Å²) in [6.07, 6.45) is 5.96. The average molecular weight is 167 g/mol. The highest BCUT2D eigenvalue weighted by molar-refractivity contribution is 5.79. The molecule has 0 aromatic rings. The van der Waals surface area contributed by atoms with Crippen LogP contribution in [0, 0.1) is 0 Å². The van der Waals surface area contributed by atoms with Crippen LogP contribution in [0.25, 0.3) is 0 Å². The zero-order valence-electron chi connectivity index (χ0n) is 7.07. The topological polar surface area (TPSA) is 45.0 Å². The molecule has 1 aliphatic carbocycles. The minimum Gasteiger partial charge on any atom is -0.271 e. The van der Waals surface area contributed by atoms with Crippen LogP contribution in [0.15, 0.2) is 10.3 Å². The maximum absolute atomic E-state index is 11.2. The maximum Gasteiger partial charge on any atom is 0.267 e. The summed E-state index contributed by atoms with van der Waals surface area (Å²) in [6, 6.07) is 0.345. The number of hydrogen-bond donors (Lipinski definition) is 0. The number of carbonyl (C=O) groups is 1. The van der Waals surface area contributed by atoms with Gasteiger partial charge in [-0.2, -0.15) is 5.11 Å². The fourth-order valence-corrected chi connectivity index (χ4v) is 1.88. The average Bonchev–Trinajstić information content (AvgIpc) is 2.53. The molecule has 0 saturated heterocycles. The van der Waals surface area contributed by atoms with Gasteiger partial charge < -0.3 is 0 Å². The summed E-state index contributed by atoms with van der Waals surface area (Å²) >= 11 is 0. The predicted octanol–water partition coefficient (Wildman–Crippen LogP) is 1.53. The molecule has 0 aromatic heterocycles. The lowest BCUT2D eigenvalue weighted by atomic mass is 9.95. The standard InChI is InChI=1S/C8H13N3O/c12-8-6-9-10-11(8)7-4-2-1-3-5-7/h7H,1-6H2. The van der Waals surface area contributed by atoms with Crippen LogP contribution in [-0.4, -0.2) is 23.5 Å². The minimum absolute atomic E-state index is 0.0712. The number of amides is 1. The molecule has 0 N–H and O–H groups in total. The molecule has 1 heterocycles. The molecule has 2 rings (SSSR count). The van der Waals surface area contributed by atoms with Crippen molar-refractivity contribution in [1.29, 1.82) is 0 Å². The summed E-state index contributed by atoms with van der Waals surface area (Å²) in [5.41, 5.74) is 0. The molecule has 0 unspecified atom stereocenters. The highest BCUT2D eigenvalue weighted by Gasteiger charge is 2.28. The number of hydrogen-bond acceptors (Lipinski definition) is 3. The highest BCUT2D eigenvalue weighted by Crippen LogP contribution is 2.24.